The van der Waals surface area contributed by atoms with Crippen LogP contribution in [0.15, 0.2) is 41.3 Å². The molecule has 4 nitrogen and oxygen atoms in total. The number of aromatic nitrogens is 2. The minimum absolute atomic E-state index is 0.00791. The van der Waals surface area contributed by atoms with Gasteiger partial charge in [0.1, 0.15) is 6.54 Å². The molecule has 0 saturated heterocycles. The number of benzene rings is 1. The molecule has 0 unspecified atom stereocenters. The summed E-state index contributed by atoms with van der Waals surface area (Å²) in [5.41, 5.74) is -0.445. The van der Waals surface area contributed by atoms with Crippen LogP contribution < -0.4 is 5.56 Å². The Balaban J connectivity index is 2.25. The highest BCUT2D eigenvalue weighted by atomic mass is 19.2. The van der Waals surface area contributed by atoms with Crippen molar-refractivity contribution in [3.8, 4) is 0 Å². The lowest BCUT2D eigenvalue weighted by Gasteiger charge is -2.03. The van der Waals surface area contributed by atoms with Crippen molar-refractivity contribution in [1.82, 2.24) is 9.78 Å². The Morgan fingerprint density at radius 1 is 1.22 bits per heavy atom. The molecule has 2 aromatic rings. The number of Topliss-reactive ketones (excluding diaryl/α,β-unsaturated/α-hetero) is 1. The minimum Gasteiger partial charge on any atom is -0.292 e. The first-order valence-electron chi connectivity index (χ1n) is 5.08. The fourth-order valence-electron chi connectivity index (χ4n) is 1.40. The number of rotatable bonds is 3. The summed E-state index contributed by atoms with van der Waals surface area (Å²) in [6, 6.07) is 5.52. The van der Waals surface area contributed by atoms with Crippen LogP contribution in [0.5, 0.6) is 0 Å². The molecule has 0 bridgehead atoms. The van der Waals surface area contributed by atoms with Gasteiger partial charge in [-0.25, -0.2) is 13.5 Å². The number of hydrogen-bond donors (Lipinski definition) is 0. The lowest BCUT2D eigenvalue weighted by atomic mass is 10.1. The van der Waals surface area contributed by atoms with E-state index in [2.05, 4.69) is 5.10 Å². The van der Waals surface area contributed by atoms with E-state index in [4.69, 9.17) is 0 Å². The van der Waals surface area contributed by atoms with Gasteiger partial charge in [0.05, 0.1) is 0 Å². The maximum atomic E-state index is 12.9. The summed E-state index contributed by atoms with van der Waals surface area (Å²) in [5, 5.41) is 3.70. The topological polar surface area (TPSA) is 52.0 Å². The fourth-order valence-corrected chi connectivity index (χ4v) is 1.40. The smallest absolute Gasteiger partial charge is 0.267 e. The molecule has 0 aliphatic carbocycles. The van der Waals surface area contributed by atoms with Gasteiger partial charge in [0.25, 0.3) is 5.56 Å². The van der Waals surface area contributed by atoms with E-state index in [0.717, 1.165) is 22.9 Å². The second kappa shape index (κ2) is 4.87. The summed E-state index contributed by atoms with van der Waals surface area (Å²) in [7, 11) is 0. The molecule has 0 atom stereocenters. The molecule has 0 saturated carbocycles. The fraction of sp³-hybridized carbons (Fsp3) is 0.0833. The molecular formula is C12H8F2N2O2. The van der Waals surface area contributed by atoms with Gasteiger partial charge in [0.2, 0.25) is 0 Å². The van der Waals surface area contributed by atoms with Crippen molar-refractivity contribution in [2.24, 2.45) is 0 Å². The SMILES string of the molecule is O=C(Cn1ncccc1=O)c1ccc(F)c(F)c1. The van der Waals surface area contributed by atoms with Gasteiger partial charge < -0.3 is 0 Å². The van der Waals surface area contributed by atoms with Gasteiger partial charge >= 0.3 is 0 Å². The molecule has 0 fully saturated rings. The molecule has 1 aromatic heterocycles. The van der Waals surface area contributed by atoms with Gasteiger partial charge in [0, 0.05) is 17.8 Å². The first-order chi connectivity index (χ1) is 8.58. The normalized spacial score (nSPS) is 10.3. The molecule has 92 valence electrons. The largest absolute Gasteiger partial charge is 0.292 e. The summed E-state index contributed by atoms with van der Waals surface area (Å²) >= 11 is 0. The molecule has 1 aromatic carbocycles. The number of hydrogen-bond acceptors (Lipinski definition) is 3. The quantitative estimate of drug-likeness (QED) is 0.774. The maximum Gasteiger partial charge on any atom is 0.267 e. The Kier molecular flexibility index (Phi) is 3.27. The number of carbonyl (C=O) groups excluding carboxylic acids is 1. The Hall–Kier alpha value is -2.37. The monoisotopic (exact) mass is 250 g/mol. The molecule has 0 N–H and O–H groups in total. The van der Waals surface area contributed by atoms with Gasteiger partial charge in [-0.05, 0) is 24.3 Å². The average Bonchev–Trinajstić information content (AvgIpc) is 2.35. The van der Waals surface area contributed by atoms with Crippen LogP contribution in [0.25, 0.3) is 0 Å². The van der Waals surface area contributed by atoms with E-state index in [9.17, 15) is 18.4 Å². The second-order valence-electron chi connectivity index (χ2n) is 3.57. The van der Waals surface area contributed by atoms with E-state index in [1.807, 2.05) is 0 Å². The molecule has 0 aliphatic rings. The zero-order valence-electron chi connectivity index (χ0n) is 9.14. The zero-order chi connectivity index (χ0) is 13.1. The predicted molar refractivity (Wildman–Crippen MR) is 59.2 cm³/mol. The summed E-state index contributed by atoms with van der Waals surface area (Å²) in [5.74, 6) is -2.65. The Labute approximate surface area is 100 Å². The molecule has 1 heterocycles. The van der Waals surface area contributed by atoms with E-state index in [1.165, 1.54) is 18.3 Å². The number of halogens is 2. The number of carbonyl (C=O) groups is 1. The Morgan fingerprint density at radius 3 is 2.67 bits per heavy atom. The van der Waals surface area contributed by atoms with E-state index in [-0.39, 0.29) is 12.1 Å². The van der Waals surface area contributed by atoms with Crippen LogP contribution in [0.1, 0.15) is 10.4 Å². The highest BCUT2D eigenvalue weighted by Gasteiger charge is 2.11. The molecule has 0 amide bonds. The third-order valence-electron chi connectivity index (χ3n) is 2.32. The van der Waals surface area contributed by atoms with Crippen LogP contribution >= 0.6 is 0 Å². The first kappa shape index (κ1) is 12.1. The first-order valence-corrected chi connectivity index (χ1v) is 5.08. The number of nitrogens with zero attached hydrogens (tertiary/aromatic N) is 2. The van der Waals surface area contributed by atoms with Crippen LogP contribution in [0.2, 0.25) is 0 Å². The molecule has 0 aliphatic heterocycles. The maximum absolute atomic E-state index is 12.9. The van der Waals surface area contributed by atoms with E-state index >= 15 is 0 Å². The Bertz CT molecular complexity index is 653. The number of ketones is 1. The van der Waals surface area contributed by atoms with Crippen molar-refractivity contribution in [2.45, 2.75) is 6.54 Å². The van der Waals surface area contributed by atoms with Gasteiger partial charge in [-0.1, -0.05) is 0 Å². The highest BCUT2D eigenvalue weighted by molar-refractivity contribution is 5.95. The van der Waals surface area contributed by atoms with Gasteiger partial charge in [-0.2, -0.15) is 5.10 Å². The lowest BCUT2D eigenvalue weighted by molar-refractivity contribution is 0.0965. The third kappa shape index (κ3) is 2.48. The average molecular weight is 250 g/mol. The van der Waals surface area contributed by atoms with Crippen LogP contribution in [0, 0.1) is 11.6 Å². The van der Waals surface area contributed by atoms with Crippen molar-refractivity contribution in [2.75, 3.05) is 0 Å². The molecule has 6 heteroatoms. The molecule has 0 radical (unpaired) electrons. The van der Waals surface area contributed by atoms with Crippen molar-refractivity contribution in [3.05, 3.63) is 64.1 Å². The molecule has 0 spiro atoms. The van der Waals surface area contributed by atoms with Crippen molar-refractivity contribution in [1.29, 1.82) is 0 Å². The van der Waals surface area contributed by atoms with Crippen LogP contribution in [0.4, 0.5) is 8.78 Å². The van der Waals surface area contributed by atoms with E-state index in [1.54, 1.807) is 0 Å². The summed E-state index contributed by atoms with van der Waals surface area (Å²) in [6.07, 6.45) is 1.36. The van der Waals surface area contributed by atoms with E-state index < -0.39 is 23.0 Å². The molecular weight excluding hydrogens is 242 g/mol. The van der Waals surface area contributed by atoms with Crippen molar-refractivity contribution < 1.29 is 13.6 Å². The van der Waals surface area contributed by atoms with E-state index in [0.29, 0.717) is 0 Å². The van der Waals surface area contributed by atoms with Crippen molar-refractivity contribution in [3.63, 3.8) is 0 Å². The Morgan fingerprint density at radius 2 is 2.00 bits per heavy atom. The second-order valence-corrected chi connectivity index (χ2v) is 3.57. The van der Waals surface area contributed by atoms with Gasteiger partial charge in [-0.3, -0.25) is 9.59 Å². The lowest BCUT2D eigenvalue weighted by Crippen LogP contribution is -2.25. The molecule has 2 rings (SSSR count). The van der Waals surface area contributed by atoms with Crippen LogP contribution in [-0.4, -0.2) is 15.6 Å². The summed E-state index contributed by atoms with van der Waals surface area (Å²) < 4.78 is 26.6. The van der Waals surface area contributed by atoms with Gasteiger partial charge in [0.15, 0.2) is 17.4 Å². The van der Waals surface area contributed by atoms with Gasteiger partial charge in [-0.15, -0.1) is 0 Å². The highest BCUT2D eigenvalue weighted by Crippen LogP contribution is 2.09. The van der Waals surface area contributed by atoms with Crippen LogP contribution in [-0.2, 0) is 6.54 Å². The molecule has 18 heavy (non-hydrogen) atoms. The predicted octanol–water partition coefficient (Wildman–Crippen LogP) is 1.40. The standard InChI is InChI=1S/C12H8F2N2O2/c13-9-4-3-8(6-10(9)14)11(17)7-16-12(18)2-1-5-15-16/h1-6H,7H2. The van der Waals surface area contributed by atoms with Crippen molar-refractivity contribution >= 4 is 5.78 Å². The minimum atomic E-state index is -1.10. The zero-order valence-corrected chi connectivity index (χ0v) is 9.14. The van der Waals surface area contributed by atoms with Crippen LogP contribution in [0.3, 0.4) is 0 Å². The summed E-state index contributed by atoms with van der Waals surface area (Å²) in [4.78, 5) is 23.1. The third-order valence-corrected chi connectivity index (χ3v) is 2.32. The summed E-state index contributed by atoms with van der Waals surface area (Å²) in [6.45, 7) is -0.315.